The van der Waals surface area contributed by atoms with E-state index in [0.29, 0.717) is 11.3 Å². The summed E-state index contributed by atoms with van der Waals surface area (Å²) >= 11 is 0. The van der Waals surface area contributed by atoms with Crippen molar-refractivity contribution in [1.82, 2.24) is 0 Å². The average molecular weight is 311 g/mol. The van der Waals surface area contributed by atoms with Crippen LogP contribution in [0.3, 0.4) is 0 Å². The number of esters is 1. The number of hydrogen-bond acceptors (Lipinski definition) is 3. The van der Waals surface area contributed by atoms with E-state index in [-0.39, 0.29) is 17.9 Å². The fourth-order valence-electron chi connectivity index (χ4n) is 1.96. The lowest BCUT2D eigenvalue weighted by atomic mass is 10.0. The molecule has 2 aromatic carbocycles. The number of guanidine groups is 2. The third-order valence-electron chi connectivity index (χ3n) is 2.97. The van der Waals surface area contributed by atoms with Crippen LogP contribution < -0.4 is 17.2 Å². The Hall–Kier alpha value is -3.35. The average Bonchev–Trinajstić information content (AvgIpc) is 2.54. The van der Waals surface area contributed by atoms with Crippen molar-refractivity contribution in [3.8, 4) is 11.1 Å². The van der Waals surface area contributed by atoms with Crippen molar-refractivity contribution in [3.05, 3.63) is 54.1 Å². The summed E-state index contributed by atoms with van der Waals surface area (Å²) in [6, 6.07) is 14.4. The molecule has 0 saturated heterocycles. The molecule has 7 nitrogen and oxygen atoms in total. The van der Waals surface area contributed by atoms with E-state index in [9.17, 15) is 4.79 Å². The van der Waals surface area contributed by atoms with Crippen LogP contribution in [-0.4, -0.2) is 25.0 Å². The molecule has 0 aliphatic carbocycles. The van der Waals surface area contributed by atoms with Gasteiger partial charge in [-0.2, -0.15) is 4.99 Å². The molecule has 0 aromatic heterocycles. The Morgan fingerprint density at radius 1 is 1.00 bits per heavy atom. The van der Waals surface area contributed by atoms with Gasteiger partial charge in [-0.1, -0.05) is 24.3 Å². The first-order valence-electron chi connectivity index (χ1n) is 6.72. The van der Waals surface area contributed by atoms with Crippen molar-refractivity contribution >= 4 is 23.6 Å². The summed E-state index contributed by atoms with van der Waals surface area (Å²) in [5, 5.41) is 0. The molecule has 0 amide bonds. The topological polar surface area (TPSA) is 129 Å². The van der Waals surface area contributed by atoms with Gasteiger partial charge in [0.05, 0.1) is 18.4 Å². The van der Waals surface area contributed by atoms with Crippen molar-refractivity contribution in [1.29, 1.82) is 0 Å². The number of benzene rings is 2. The van der Waals surface area contributed by atoms with Gasteiger partial charge in [0.2, 0.25) is 5.96 Å². The molecular weight excluding hydrogens is 294 g/mol. The highest BCUT2D eigenvalue weighted by Gasteiger charge is 2.06. The molecule has 0 unspecified atom stereocenters. The molecule has 0 spiro atoms. The molecule has 23 heavy (non-hydrogen) atoms. The predicted octanol–water partition coefficient (Wildman–Crippen LogP) is 1.36. The first-order valence-corrected chi connectivity index (χ1v) is 6.72. The second-order valence-electron chi connectivity index (χ2n) is 4.63. The molecule has 0 aliphatic heterocycles. The van der Waals surface area contributed by atoms with Crippen molar-refractivity contribution in [2.45, 2.75) is 0 Å². The number of carbonyl (C=O) groups is 1. The van der Waals surface area contributed by atoms with Crippen LogP contribution in [0.2, 0.25) is 0 Å². The predicted molar refractivity (Wildman–Crippen MR) is 90.3 cm³/mol. The number of ether oxygens (including phenoxy) is 1. The second-order valence-corrected chi connectivity index (χ2v) is 4.63. The van der Waals surface area contributed by atoms with Gasteiger partial charge in [0.1, 0.15) is 0 Å². The lowest BCUT2D eigenvalue weighted by molar-refractivity contribution is 0.0601. The van der Waals surface area contributed by atoms with Crippen LogP contribution in [0.15, 0.2) is 58.5 Å². The van der Waals surface area contributed by atoms with Gasteiger partial charge >= 0.3 is 5.97 Å². The van der Waals surface area contributed by atoms with Gasteiger partial charge in [-0.3, -0.25) is 0 Å². The number of methoxy groups -OCH3 is 1. The standard InChI is InChI=1S/C16H17N5O2/c1-23-14(22)12-4-2-3-11(9-12)10-5-7-13(8-6-10)20-16(19)21-15(17)18/h2-9H,1H3,(H6,17,18,19,20,21). The van der Waals surface area contributed by atoms with E-state index >= 15 is 0 Å². The van der Waals surface area contributed by atoms with E-state index in [1.54, 1.807) is 30.3 Å². The summed E-state index contributed by atoms with van der Waals surface area (Å²) < 4.78 is 4.72. The molecule has 0 aliphatic rings. The Balaban J connectivity index is 2.26. The Labute approximate surface area is 133 Å². The second kappa shape index (κ2) is 7.08. The quantitative estimate of drug-likeness (QED) is 0.448. The normalized spacial score (nSPS) is 10.9. The van der Waals surface area contributed by atoms with Gasteiger partial charge in [0, 0.05) is 0 Å². The molecule has 2 aromatic rings. The zero-order valence-electron chi connectivity index (χ0n) is 12.6. The largest absolute Gasteiger partial charge is 0.465 e. The number of rotatable bonds is 3. The number of nitrogens with two attached hydrogens (primary N) is 3. The lowest BCUT2D eigenvalue weighted by Gasteiger charge is -2.05. The molecule has 0 radical (unpaired) electrons. The number of aliphatic imine (C=N–C) groups is 2. The van der Waals surface area contributed by atoms with Crippen LogP contribution in [0.4, 0.5) is 5.69 Å². The highest BCUT2D eigenvalue weighted by molar-refractivity contribution is 5.93. The number of nitrogens with zero attached hydrogens (tertiary/aromatic N) is 2. The third kappa shape index (κ3) is 4.31. The Kier molecular flexibility index (Phi) is 4.93. The highest BCUT2D eigenvalue weighted by atomic mass is 16.5. The van der Waals surface area contributed by atoms with E-state index in [1.807, 2.05) is 18.2 Å². The van der Waals surface area contributed by atoms with Crippen molar-refractivity contribution in [3.63, 3.8) is 0 Å². The van der Waals surface area contributed by atoms with Crippen LogP contribution in [-0.2, 0) is 4.74 Å². The van der Waals surface area contributed by atoms with Crippen LogP contribution in [0.1, 0.15) is 10.4 Å². The maximum absolute atomic E-state index is 11.6. The van der Waals surface area contributed by atoms with Gasteiger partial charge in [0.15, 0.2) is 5.96 Å². The summed E-state index contributed by atoms with van der Waals surface area (Å²) in [5.74, 6) is -0.550. The van der Waals surface area contributed by atoms with E-state index in [1.165, 1.54) is 7.11 Å². The molecule has 6 N–H and O–H groups in total. The first kappa shape index (κ1) is 16.0. The molecule has 118 valence electrons. The molecular formula is C16H17N5O2. The summed E-state index contributed by atoms with van der Waals surface area (Å²) in [5.41, 5.74) is 18.9. The molecule has 0 bridgehead atoms. The smallest absolute Gasteiger partial charge is 0.337 e. The fourth-order valence-corrected chi connectivity index (χ4v) is 1.96. The maximum atomic E-state index is 11.6. The van der Waals surface area contributed by atoms with Gasteiger partial charge in [-0.15, -0.1) is 0 Å². The summed E-state index contributed by atoms with van der Waals surface area (Å²) in [7, 11) is 1.35. The molecule has 2 rings (SSSR count). The molecule has 0 atom stereocenters. The van der Waals surface area contributed by atoms with Crippen molar-refractivity contribution in [2.75, 3.05) is 7.11 Å². The first-order chi connectivity index (χ1) is 11.0. The molecule has 0 saturated carbocycles. The van der Waals surface area contributed by atoms with Gasteiger partial charge in [0.25, 0.3) is 0 Å². The minimum atomic E-state index is -0.377. The minimum Gasteiger partial charge on any atom is -0.465 e. The molecule has 7 heteroatoms. The monoisotopic (exact) mass is 311 g/mol. The molecule has 0 fully saturated rings. The van der Waals surface area contributed by atoms with E-state index in [2.05, 4.69) is 9.98 Å². The van der Waals surface area contributed by atoms with Crippen LogP contribution in [0.5, 0.6) is 0 Å². The minimum absolute atomic E-state index is 0.0227. The van der Waals surface area contributed by atoms with Crippen LogP contribution >= 0.6 is 0 Å². The van der Waals surface area contributed by atoms with E-state index in [4.69, 9.17) is 21.9 Å². The summed E-state index contributed by atoms with van der Waals surface area (Å²) in [6.07, 6.45) is 0. The van der Waals surface area contributed by atoms with Gasteiger partial charge in [-0.05, 0) is 35.4 Å². The zero-order chi connectivity index (χ0) is 16.8. The van der Waals surface area contributed by atoms with Crippen LogP contribution in [0, 0.1) is 0 Å². The van der Waals surface area contributed by atoms with E-state index < -0.39 is 0 Å². The van der Waals surface area contributed by atoms with Gasteiger partial charge in [-0.25, -0.2) is 9.79 Å². The summed E-state index contributed by atoms with van der Waals surface area (Å²) in [6.45, 7) is 0. The Morgan fingerprint density at radius 2 is 1.70 bits per heavy atom. The Morgan fingerprint density at radius 3 is 2.30 bits per heavy atom. The van der Waals surface area contributed by atoms with E-state index in [0.717, 1.165) is 11.1 Å². The number of hydrogen-bond donors (Lipinski definition) is 3. The highest BCUT2D eigenvalue weighted by Crippen LogP contribution is 2.23. The summed E-state index contributed by atoms with van der Waals surface area (Å²) in [4.78, 5) is 19.3. The Bertz CT molecular complexity index is 762. The number of carbonyl (C=O) groups excluding carboxylic acids is 1. The van der Waals surface area contributed by atoms with Crippen molar-refractivity contribution in [2.24, 2.45) is 27.2 Å². The van der Waals surface area contributed by atoms with Gasteiger partial charge < -0.3 is 21.9 Å². The SMILES string of the molecule is COC(=O)c1cccc(-c2ccc(N=C(N)N=C(N)N)cc2)c1. The maximum Gasteiger partial charge on any atom is 0.337 e. The third-order valence-corrected chi connectivity index (χ3v) is 2.97. The fraction of sp³-hybridized carbons (Fsp3) is 0.0625. The van der Waals surface area contributed by atoms with Crippen molar-refractivity contribution < 1.29 is 9.53 Å². The zero-order valence-corrected chi connectivity index (χ0v) is 12.6. The van der Waals surface area contributed by atoms with Crippen LogP contribution in [0.25, 0.3) is 11.1 Å². The molecule has 0 heterocycles. The lowest BCUT2D eigenvalue weighted by Crippen LogP contribution is -2.26.